The number of carbonyl (C=O) groups is 1. The maximum Gasteiger partial charge on any atom is 0.185 e. The summed E-state index contributed by atoms with van der Waals surface area (Å²) in [4.78, 5) is 13.3. The molecule has 1 fully saturated rings. The summed E-state index contributed by atoms with van der Waals surface area (Å²) in [7, 11) is 3.29. The third-order valence-electron chi connectivity index (χ3n) is 8.92. The van der Waals surface area contributed by atoms with Crippen LogP contribution in [0.15, 0.2) is 47.5 Å². The number of methoxy groups -OCH3 is 2. The molecule has 0 heterocycles. The van der Waals surface area contributed by atoms with Gasteiger partial charge in [-0.3, -0.25) is 4.79 Å². The molecule has 0 aromatic heterocycles. The zero-order valence-electron chi connectivity index (χ0n) is 29.6. The summed E-state index contributed by atoms with van der Waals surface area (Å²) in [5, 5.41) is 17.7. The number of aliphatic hydroxyl groups excluding tert-OH is 2. The highest BCUT2D eigenvalue weighted by Gasteiger charge is 2.23. The van der Waals surface area contributed by atoms with Crippen LogP contribution in [0.3, 0.4) is 0 Å². The SMILES string of the molecule is COc1cc(/C=C2/CC/C(=C/c3ccc(OCCCCCCCCCCO)c(OC)c3)C2=O)ccc1OCCCCCCCCCCO. The molecule has 3 rings (SSSR count). The van der Waals surface area contributed by atoms with Crippen molar-refractivity contribution in [2.75, 3.05) is 40.6 Å². The van der Waals surface area contributed by atoms with Gasteiger partial charge in [-0.25, -0.2) is 0 Å². The van der Waals surface area contributed by atoms with Crippen LogP contribution in [0.2, 0.25) is 0 Å². The smallest absolute Gasteiger partial charge is 0.185 e. The van der Waals surface area contributed by atoms with E-state index >= 15 is 0 Å². The molecule has 7 heteroatoms. The molecule has 0 spiro atoms. The Morgan fingerprint density at radius 3 is 1.23 bits per heavy atom. The Labute approximate surface area is 289 Å². The molecule has 0 saturated heterocycles. The molecule has 0 bridgehead atoms. The molecule has 0 atom stereocenters. The molecule has 1 aliphatic rings. The third kappa shape index (κ3) is 14.4. The van der Waals surface area contributed by atoms with Crippen molar-refractivity contribution in [2.45, 2.75) is 116 Å². The van der Waals surface area contributed by atoms with Crippen LogP contribution >= 0.6 is 0 Å². The standard InChI is InChI=1S/C41H60O7/c1-45-39-31-33(19-23-37(39)47-27-17-13-9-5-3-7-11-15-25-42)29-35-21-22-36(41(35)44)30-34-20-24-38(40(32-34)46-2)48-28-18-14-10-6-4-8-12-16-26-43/h19-20,23-24,29-32,42-43H,3-18,21-22,25-28H2,1-2H3/b35-29-,36-30-. The number of ketones is 1. The minimum atomic E-state index is 0.0791. The van der Waals surface area contributed by atoms with Gasteiger partial charge in [-0.2, -0.15) is 0 Å². The van der Waals surface area contributed by atoms with Crippen LogP contribution in [0.4, 0.5) is 0 Å². The lowest BCUT2D eigenvalue weighted by Gasteiger charge is -2.12. The molecule has 1 saturated carbocycles. The fourth-order valence-electron chi connectivity index (χ4n) is 6.08. The van der Waals surface area contributed by atoms with E-state index in [0.717, 1.165) is 85.1 Å². The third-order valence-corrected chi connectivity index (χ3v) is 8.92. The summed E-state index contributed by atoms with van der Waals surface area (Å²) in [6.07, 6.45) is 23.5. The van der Waals surface area contributed by atoms with Gasteiger partial charge in [0.15, 0.2) is 28.8 Å². The molecule has 266 valence electrons. The van der Waals surface area contributed by atoms with Crippen LogP contribution in [-0.4, -0.2) is 56.6 Å². The number of ether oxygens (including phenoxy) is 4. The van der Waals surface area contributed by atoms with Gasteiger partial charge in [0.1, 0.15) is 0 Å². The number of benzene rings is 2. The Morgan fingerprint density at radius 2 is 0.875 bits per heavy atom. The number of aliphatic hydroxyl groups is 2. The van der Waals surface area contributed by atoms with Crippen LogP contribution in [0.1, 0.15) is 127 Å². The molecular formula is C41H60O7. The Bertz CT molecular complexity index is 1170. The van der Waals surface area contributed by atoms with Gasteiger partial charge in [-0.1, -0.05) is 89.2 Å². The molecule has 1 aliphatic carbocycles. The number of hydrogen-bond donors (Lipinski definition) is 2. The molecule has 2 N–H and O–H groups in total. The lowest BCUT2D eigenvalue weighted by atomic mass is 10.1. The molecule has 7 nitrogen and oxygen atoms in total. The van der Waals surface area contributed by atoms with Gasteiger partial charge in [0, 0.05) is 24.4 Å². The van der Waals surface area contributed by atoms with Gasteiger partial charge in [-0.05, 0) is 86.1 Å². The average molecular weight is 665 g/mol. The average Bonchev–Trinajstić information content (AvgIpc) is 3.44. The number of unbranched alkanes of at least 4 members (excludes halogenated alkanes) is 14. The molecular weight excluding hydrogens is 604 g/mol. The highest BCUT2D eigenvalue weighted by atomic mass is 16.5. The first-order valence-electron chi connectivity index (χ1n) is 18.4. The van der Waals surface area contributed by atoms with Crippen LogP contribution < -0.4 is 18.9 Å². The highest BCUT2D eigenvalue weighted by molar-refractivity contribution is 6.15. The second-order valence-electron chi connectivity index (χ2n) is 12.8. The van der Waals surface area contributed by atoms with Crippen molar-refractivity contribution in [1.29, 1.82) is 0 Å². The van der Waals surface area contributed by atoms with Gasteiger partial charge in [0.05, 0.1) is 27.4 Å². The van der Waals surface area contributed by atoms with Crippen LogP contribution in [0, 0.1) is 0 Å². The minimum Gasteiger partial charge on any atom is -0.493 e. The number of hydrogen-bond acceptors (Lipinski definition) is 7. The maximum absolute atomic E-state index is 13.3. The second-order valence-corrected chi connectivity index (χ2v) is 12.8. The molecule has 0 aliphatic heterocycles. The largest absolute Gasteiger partial charge is 0.493 e. The zero-order valence-corrected chi connectivity index (χ0v) is 29.6. The van der Waals surface area contributed by atoms with E-state index in [1.807, 2.05) is 48.6 Å². The lowest BCUT2D eigenvalue weighted by molar-refractivity contribution is -0.111. The molecule has 2 aromatic rings. The molecule has 48 heavy (non-hydrogen) atoms. The maximum atomic E-state index is 13.3. The predicted molar refractivity (Wildman–Crippen MR) is 195 cm³/mol. The topological polar surface area (TPSA) is 94.5 Å². The van der Waals surface area contributed by atoms with E-state index in [1.165, 1.54) is 51.4 Å². The van der Waals surface area contributed by atoms with Gasteiger partial charge < -0.3 is 29.2 Å². The van der Waals surface area contributed by atoms with E-state index < -0.39 is 0 Å². The van der Waals surface area contributed by atoms with E-state index in [1.54, 1.807) is 14.2 Å². The first kappa shape index (κ1) is 39.2. The number of allylic oxidation sites excluding steroid dienone is 2. The summed E-state index contributed by atoms with van der Waals surface area (Å²) in [5.74, 6) is 2.88. The normalized spacial score (nSPS) is 14.6. The van der Waals surface area contributed by atoms with Gasteiger partial charge in [-0.15, -0.1) is 0 Å². The quantitative estimate of drug-likeness (QED) is 0.0764. The Balaban J connectivity index is 1.45. The first-order valence-corrected chi connectivity index (χ1v) is 18.4. The Hall–Kier alpha value is -3.29. The molecule has 2 aromatic carbocycles. The van der Waals surface area contributed by atoms with E-state index in [0.29, 0.717) is 50.8 Å². The van der Waals surface area contributed by atoms with Crippen molar-refractivity contribution in [3.8, 4) is 23.0 Å². The van der Waals surface area contributed by atoms with Crippen molar-refractivity contribution in [3.63, 3.8) is 0 Å². The second kappa shape index (κ2) is 23.9. The molecule has 0 unspecified atom stereocenters. The van der Waals surface area contributed by atoms with Gasteiger partial charge in [0.25, 0.3) is 0 Å². The number of Topliss-reactive ketones (excluding diaryl/α,β-unsaturated/α-hetero) is 1. The lowest BCUT2D eigenvalue weighted by Crippen LogP contribution is -2.00. The van der Waals surface area contributed by atoms with E-state index in [9.17, 15) is 4.79 Å². The van der Waals surface area contributed by atoms with Crippen molar-refractivity contribution < 1.29 is 34.0 Å². The van der Waals surface area contributed by atoms with Crippen LogP contribution in [0.25, 0.3) is 12.2 Å². The van der Waals surface area contributed by atoms with Crippen molar-refractivity contribution in [3.05, 3.63) is 58.7 Å². The van der Waals surface area contributed by atoms with Crippen molar-refractivity contribution in [1.82, 2.24) is 0 Å². The van der Waals surface area contributed by atoms with Crippen LogP contribution in [0.5, 0.6) is 23.0 Å². The summed E-state index contributed by atoms with van der Waals surface area (Å²) in [6, 6.07) is 11.7. The number of carbonyl (C=O) groups excluding carboxylic acids is 1. The molecule has 0 amide bonds. The minimum absolute atomic E-state index is 0.0791. The van der Waals surface area contributed by atoms with Gasteiger partial charge >= 0.3 is 0 Å². The summed E-state index contributed by atoms with van der Waals surface area (Å²) in [6.45, 7) is 1.91. The van der Waals surface area contributed by atoms with Crippen molar-refractivity contribution in [2.24, 2.45) is 0 Å². The summed E-state index contributed by atoms with van der Waals surface area (Å²) < 4.78 is 23.3. The fraction of sp³-hybridized carbons (Fsp3) is 0.585. The van der Waals surface area contributed by atoms with E-state index in [4.69, 9.17) is 29.2 Å². The number of rotatable bonds is 26. The van der Waals surface area contributed by atoms with Crippen LogP contribution in [-0.2, 0) is 4.79 Å². The predicted octanol–water partition coefficient (Wildman–Crippen LogP) is 9.52. The van der Waals surface area contributed by atoms with E-state index in [-0.39, 0.29) is 5.78 Å². The molecule has 0 radical (unpaired) electrons. The first-order chi connectivity index (χ1) is 23.6. The highest BCUT2D eigenvalue weighted by Crippen LogP contribution is 2.34. The Kier molecular flexibility index (Phi) is 19.5. The fourth-order valence-corrected chi connectivity index (χ4v) is 6.08. The van der Waals surface area contributed by atoms with Gasteiger partial charge in [0.2, 0.25) is 0 Å². The Morgan fingerprint density at radius 1 is 0.521 bits per heavy atom. The van der Waals surface area contributed by atoms with Crippen molar-refractivity contribution >= 4 is 17.9 Å². The zero-order chi connectivity index (χ0) is 34.2. The monoisotopic (exact) mass is 664 g/mol. The van der Waals surface area contributed by atoms with E-state index in [2.05, 4.69) is 0 Å². The summed E-state index contributed by atoms with van der Waals surface area (Å²) in [5.41, 5.74) is 3.44. The summed E-state index contributed by atoms with van der Waals surface area (Å²) >= 11 is 0.